The molecule has 0 radical (unpaired) electrons. The highest BCUT2D eigenvalue weighted by Gasteiger charge is 2.21. The summed E-state index contributed by atoms with van der Waals surface area (Å²) in [5, 5.41) is 9.18. The van der Waals surface area contributed by atoms with E-state index in [0.29, 0.717) is 19.1 Å². The Morgan fingerprint density at radius 1 is 1.24 bits per heavy atom. The van der Waals surface area contributed by atoms with Crippen molar-refractivity contribution < 1.29 is 14.6 Å². The predicted molar refractivity (Wildman–Crippen MR) is 81.4 cm³/mol. The fourth-order valence-corrected chi connectivity index (χ4v) is 3.12. The van der Waals surface area contributed by atoms with Gasteiger partial charge in [-0.2, -0.15) is 0 Å². The van der Waals surface area contributed by atoms with E-state index in [9.17, 15) is 5.11 Å². The lowest BCUT2D eigenvalue weighted by atomic mass is 10.1. The fourth-order valence-electron chi connectivity index (χ4n) is 3.12. The zero-order chi connectivity index (χ0) is 14.5. The molecule has 2 atom stereocenters. The molecule has 2 aliphatic rings. The van der Waals surface area contributed by atoms with Crippen molar-refractivity contribution >= 4 is 0 Å². The first-order valence-corrected chi connectivity index (χ1v) is 8.00. The first-order valence-electron chi connectivity index (χ1n) is 8.00. The van der Waals surface area contributed by atoms with E-state index >= 15 is 0 Å². The molecule has 2 heterocycles. The van der Waals surface area contributed by atoms with Gasteiger partial charge in [-0.3, -0.25) is 4.90 Å². The molecule has 1 aromatic carbocycles. The molecule has 2 fully saturated rings. The van der Waals surface area contributed by atoms with Crippen LogP contribution < -0.4 is 4.74 Å². The minimum Gasteiger partial charge on any atom is -0.491 e. The summed E-state index contributed by atoms with van der Waals surface area (Å²) in [4.78, 5) is 2.41. The normalized spacial score (nSPS) is 26.3. The van der Waals surface area contributed by atoms with Crippen molar-refractivity contribution in [1.29, 1.82) is 0 Å². The van der Waals surface area contributed by atoms with Gasteiger partial charge in [0.2, 0.25) is 0 Å². The SMILES string of the molecule is OCC1CCN(Cc2ccc(OCC3CCCO3)cc2)C1. The molecule has 4 heteroatoms. The molecule has 3 rings (SSSR count). The maximum atomic E-state index is 9.18. The van der Waals surface area contributed by atoms with E-state index in [2.05, 4.69) is 17.0 Å². The fraction of sp³-hybridized carbons (Fsp3) is 0.647. The number of aliphatic hydroxyl groups is 1. The molecule has 1 N–H and O–H groups in total. The number of ether oxygens (including phenoxy) is 2. The van der Waals surface area contributed by atoms with Gasteiger partial charge in [0.15, 0.2) is 0 Å². The summed E-state index contributed by atoms with van der Waals surface area (Å²) in [5.74, 6) is 1.38. The number of likely N-dealkylation sites (tertiary alicyclic amines) is 1. The summed E-state index contributed by atoms with van der Waals surface area (Å²) in [5.41, 5.74) is 1.30. The largest absolute Gasteiger partial charge is 0.491 e. The minimum atomic E-state index is 0.268. The minimum absolute atomic E-state index is 0.268. The molecular formula is C17H25NO3. The Hall–Kier alpha value is -1.10. The number of hydrogen-bond donors (Lipinski definition) is 1. The van der Waals surface area contributed by atoms with E-state index in [1.807, 2.05) is 12.1 Å². The first kappa shape index (κ1) is 14.8. The average molecular weight is 291 g/mol. The van der Waals surface area contributed by atoms with Gasteiger partial charge in [-0.15, -0.1) is 0 Å². The summed E-state index contributed by atoms with van der Waals surface area (Å²) in [6.45, 7) is 4.90. The molecule has 2 unspecified atom stereocenters. The van der Waals surface area contributed by atoms with Crippen LogP contribution in [0.3, 0.4) is 0 Å². The van der Waals surface area contributed by atoms with E-state index in [-0.39, 0.29) is 6.10 Å². The van der Waals surface area contributed by atoms with Crippen molar-refractivity contribution in [2.45, 2.75) is 31.9 Å². The van der Waals surface area contributed by atoms with Gasteiger partial charge in [0, 0.05) is 26.3 Å². The predicted octanol–water partition coefficient (Wildman–Crippen LogP) is 2.06. The Bertz CT molecular complexity index is 428. The van der Waals surface area contributed by atoms with Gasteiger partial charge in [-0.25, -0.2) is 0 Å². The van der Waals surface area contributed by atoms with Crippen LogP contribution in [0, 0.1) is 5.92 Å². The molecule has 0 aromatic heterocycles. The summed E-state index contributed by atoms with van der Waals surface area (Å²) in [6, 6.07) is 8.36. The van der Waals surface area contributed by atoms with E-state index in [1.165, 1.54) is 5.56 Å². The molecule has 2 saturated heterocycles. The van der Waals surface area contributed by atoms with Gasteiger partial charge in [0.1, 0.15) is 12.4 Å². The van der Waals surface area contributed by atoms with Crippen molar-refractivity contribution in [3.63, 3.8) is 0 Å². The molecule has 21 heavy (non-hydrogen) atoms. The molecule has 0 aliphatic carbocycles. The van der Waals surface area contributed by atoms with Crippen molar-refractivity contribution in [2.24, 2.45) is 5.92 Å². The topological polar surface area (TPSA) is 41.9 Å². The molecular weight excluding hydrogens is 266 g/mol. The molecule has 2 aliphatic heterocycles. The van der Waals surface area contributed by atoms with Crippen molar-refractivity contribution in [3.05, 3.63) is 29.8 Å². The Morgan fingerprint density at radius 2 is 2.10 bits per heavy atom. The lowest BCUT2D eigenvalue weighted by molar-refractivity contribution is 0.0679. The van der Waals surface area contributed by atoms with E-state index in [0.717, 1.165) is 51.3 Å². The van der Waals surface area contributed by atoms with Crippen LogP contribution in [0.1, 0.15) is 24.8 Å². The summed E-state index contributed by atoms with van der Waals surface area (Å²) < 4.78 is 11.3. The van der Waals surface area contributed by atoms with Gasteiger partial charge in [0.25, 0.3) is 0 Å². The van der Waals surface area contributed by atoms with Crippen molar-refractivity contribution in [1.82, 2.24) is 4.90 Å². The van der Waals surface area contributed by atoms with Crippen LogP contribution in [-0.4, -0.2) is 49.0 Å². The maximum Gasteiger partial charge on any atom is 0.119 e. The first-order chi connectivity index (χ1) is 10.3. The highest BCUT2D eigenvalue weighted by Crippen LogP contribution is 2.20. The standard InChI is InChI=1S/C17H25NO3/c19-12-15-7-8-18(11-15)10-14-3-5-16(6-4-14)21-13-17-2-1-9-20-17/h3-6,15,17,19H,1-2,7-13H2. The maximum absolute atomic E-state index is 9.18. The van der Waals surface area contributed by atoms with E-state index < -0.39 is 0 Å². The quantitative estimate of drug-likeness (QED) is 0.871. The second-order valence-electron chi connectivity index (χ2n) is 6.16. The molecule has 116 valence electrons. The van der Waals surface area contributed by atoms with Crippen LogP contribution in [0.25, 0.3) is 0 Å². The molecule has 4 nitrogen and oxygen atoms in total. The summed E-state index contributed by atoms with van der Waals surface area (Å²) >= 11 is 0. The highest BCUT2D eigenvalue weighted by atomic mass is 16.5. The second kappa shape index (κ2) is 7.25. The van der Waals surface area contributed by atoms with Crippen LogP contribution in [0.4, 0.5) is 0 Å². The van der Waals surface area contributed by atoms with Gasteiger partial charge in [0.05, 0.1) is 6.10 Å². The van der Waals surface area contributed by atoms with E-state index in [4.69, 9.17) is 9.47 Å². The Labute approximate surface area is 126 Å². The Balaban J connectivity index is 1.45. The Kier molecular flexibility index (Phi) is 5.12. The van der Waals surface area contributed by atoms with Gasteiger partial charge in [-0.1, -0.05) is 12.1 Å². The number of benzene rings is 1. The third kappa shape index (κ3) is 4.19. The van der Waals surface area contributed by atoms with Gasteiger partial charge in [-0.05, 0) is 49.4 Å². The lowest BCUT2D eigenvalue weighted by Gasteiger charge is -2.16. The number of hydrogen-bond acceptors (Lipinski definition) is 4. The summed E-state index contributed by atoms with van der Waals surface area (Å²) in [7, 11) is 0. The van der Waals surface area contributed by atoms with Crippen molar-refractivity contribution in [3.8, 4) is 5.75 Å². The molecule has 0 saturated carbocycles. The van der Waals surface area contributed by atoms with Crippen LogP contribution in [0.2, 0.25) is 0 Å². The third-order valence-electron chi connectivity index (χ3n) is 4.42. The zero-order valence-electron chi connectivity index (χ0n) is 12.5. The third-order valence-corrected chi connectivity index (χ3v) is 4.42. The van der Waals surface area contributed by atoms with Crippen LogP contribution in [-0.2, 0) is 11.3 Å². The lowest BCUT2D eigenvalue weighted by Crippen LogP contribution is -2.21. The van der Waals surface area contributed by atoms with Crippen molar-refractivity contribution in [2.75, 3.05) is 32.9 Å². The second-order valence-corrected chi connectivity index (χ2v) is 6.16. The number of nitrogens with zero attached hydrogens (tertiary/aromatic N) is 1. The number of rotatable bonds is 6. The van der Waals surface area contributed by atoms with Gasteiger partial charge >= 0.3 is 0 Å². The van der Waals surface area contributed by atoms with Gasteiger partial charge < -0.3 is 14.6 Å². The highest BCUT2D eigenvalue weighted by molar-refractivity contribution is 5.27. The van der Waals surface area contributed by atoms with Crippen LogP contribution in [0.5, 0.6) is 5.75 Å². The zero-order valence-corrected chi connectivity index (χ0v) is 12.5. The molecule has 0 spiro atoms. The van der Waals surface area contributed by atoms with Crippen LogP contribution >= 0.6 is 0 Å². The number of aliphatic hydroxyl groups excluding tert-OH is 1. The van der Waals surface area contributed by atoms with Crippen LogP contribution in [0.15, 0.2) is 24.3 Å². The summed E-state index contributed by atoms with van der Waals surface area (Å²) in [6.07, 6.45) is 3.64. The monoisotopic (exact) mass is 291 g/mol. The smallest absolute Gasteiger partial charge is 0.119 e. The molecule has 0 amide bonds. The molecule has 1 aromatic rings. The molecule has 0 bridgehead atoms. The Morgan fingerprint density at radius 3 is 2.76 bits per heavy atom. The average Bonchev–Trinajstić information content (AvgIpc) is 3.18. The van der Waals surface area contributed by atoms with E-state index in [1.54, 1.807) is 0 Å².